The van der Waals surface area contributed by atoms with Crippen LogP contribution in [0.15, 0.2) is 36.4 Å². The lowest BCUT2D eigenvalue weighted by molar-refractivity contribution is -0.384. The van der Waals surface area contributed by atoms with Gasteiger partial charge in [0, 0.05) is 50.3 Å². The van der Waals surface area contributed by atoms with E-state index in [1.165, 1.54) is 22.9 Å². The summed E-state index contributed by atoms with van der Waals surface area (Å²) in [5.41, 5.74) is 4.39. The molecule has 0 bridgehead atoms. The molecule has 2 aromatic carbocycles. The summed E-state index contributed by atoms with van der Waals surface area (Å²) in [7, 11) is 0. The Morgan fingerprint density at radius 2 is 1.61 bits per heavy atom. The van der Waals surface area contributed by atoms with Crippen molar-refractivity contribution in [2.24, 2.45) is 5.92 Å². The van der Waals surface area contributed by atoms with Crippen LogP contribution in [0, 0.1) is 29.9 Å². The first-order valence-electron chi connectivity index (χ1n) is 10.5. The average molecular weight is 422 g/mol. The van der Waals surface area contributed by atoms with Gasteiger partial charge < -0.3 is 9.80 Å². The van der Waals surface area contributed by atoms with E-state index in [4.69, 9.17) is 0 Å². The highest BCUT2D eigenvalue weighted by Crippen LogP contribution is 2.36. The highest BCUT2D eigenvalue weighted by molar-refractivity contribution is 6.21. The average Bonchev–Trinajstić information content (AvgIpc) is 3.01. The smallest absolute Gasteiger partial charge is 0.294 e. The lowest BCUT2D eigenvalue weighted by Crippen LogP contribution is -2.47. The lowest BCUT2D eigenvalue weighted by Gasteiger charge is -2.38. The molecule has 2 heterocycles. The fraction of sp³-hybridized carbons (Fsp3) is 0.391. The van der Waals surface area contributed by atoms with Crippen molar-refractivity contribution < 1.29 is 14.5 Å². The van der Waals surface area contributed by atoms with E-state index < -0.39 is 10.8 Å². The molecule has 2 fully saturated rings. The molecular formula is C23H26N4O4. The SMILES string of the molecule is Cc1cccc(N2CCN(c3ccc(N4C(=O)C[C@@H](C)C4=O)cc3[N+](=O)[O-])CC2)c1C. The van der Waals surface area contributed by atoms with E-state index >= 15 is 0 Å². The van der Waals surface area contributed by atoms with Crippen molar-refractivity contribution in [2.75, 3.05) is 40.9 Å². The van der Waals surface area contributed by atoms with Gasteiger partial charge in [0.05, 0.1) is 10.6 Å². The molecule has 0 radical (unpaired) electrons. The van der Waals surface area contributed by atoms with Gasteiger partial charge in [-0.05, 0) is 43.2 Å². The van der Waals surface area contributed by atoms with Crippen LogP contribution in [0.5, 0.6) is 0 Å². The number of rotatable bonds is 4. The molecule has 31 heavy (non-hydrogen) atoms. The molecule has 4 rings (SSSR count). The molecule has 2 aliphatic rings. The van der Waals surface area contributed by atoms with Crippen LogP contribution in [0.2, 0.25) is 0 Å². The number of aryl methyl sites for hydroxylation is 1. The number of piperazine rings is 1. The monoisotopic (exact) mass is 422 g/mol. The van der Waals surface area contributed by atoms with E-state index in [2.05, 4.69) is 36.9 Å². The fourth-order valence-corrected chi connectivity index (χ4v) is 4.39. The zero-order valence-corrected chi connectivity index (χ0v) is 18.0. The summed E-state index contributed by atoms with van der Waals surface area (Å²) >= 11 is 0. The van der Waals surface area contributed by atoms with Crippen molar-refractivity contribution in [3.05, 3.63) is 57.6 Å². The second-order valence-electron chi connectivity index (χ2n) is 8.30. The molecule has 0 saturated carbocycles. The van der Waals surface area contributed by atoms with E-state index in [0.29, 0.717) is 18.8 Å². The van der Waals surface area contributed by atoms with E-state index in [0.717, 1.165) is 18.0 Å². The fourth-order valence-electron chi connectivity index (χ4n) is 4.39. The third-order valence-electron chi connectivity index (χ3n) is 6.32. The Balaban J connectivity index is 1.56. The molecule has 8 nitrogen and oxygen atoms in total. The molecule has 2 aliphatic heterocycles. The first-order valence-corrected chi connectivity index (χ1v) is 10.5. The van der Waals surface area contributed by atoms with Gasteiger partial charge in [0.15, 0.2) is 0 Å². The number of nitro groups is 1. The quantitative estimate of drug-likeness (QED) is 0.426. The number of anilines is 3. The van der Waals surface area contributed by atoms with Gasteiger partial charge >= 0.3 is 0 Å². The van der Waals surface area contributed by atoms with Crippen LogP contribution in [0.3, 0.4) is 0 Å². The standard InChI is InChI=1S/C23H26N4O4/c1-15-5-4-6-19(17(15)3)24-9-11-25(12-10-24)20-8-7-18(14-21(20)27(30)31)26-22(28)13-16(2)23(26)29/h4-8,14,16H,9-13H2,1-3H3/t16-/m1/s1. The van der Waals surface area contributed by atoms with Crippen LogP contribution in [-0.2, 0) is 9.59 Å². The minimum Gasteiger partial charge on any atom is -0.368 e. The summed E-state index contributed by atoms with van der Waals surface area (Å²) in [5.74, 6) is -1.03. The Labute approximate surface area is 181 Å². The number of benzene rings is 2. The topological polar surface area (TPSA) is 87.0 Å². The maximum absolute atomic E-state index is 12.3. The van der Waals surface area contributed by atoms with Crippen LogP contribution in [-0.4, -0.2) is 42.9 Å². The lowest BCUT2D eigenvalue weighted by atomic mass is 10.1. The molecule has 0 spiro atoms. The zero-order chi connectivity index (χ0) is 22.3. The Morgan fingerprint density at radius 1 is 0.968 bits per heavy atom. The van der Waals surface area contributed by atoms with Crippen LogP contribution in [0.1, 0.15) is 24.5 Å². The van der Waals surface area contributed by atoms with E-state index in [-0.39, 0.29) is 29.6 Å². The highest BCUT2D eigenvalue weighted by atomic mass is 16.6. The summed E-state index contributed by atoms with van der Waals surface area (Å²) in [6.45, 7) is 8.70. The Bertz CT molecular complexity index is 1060. The molecule has 0 N–H and O–H groups in total. The van der Waals surface area contributed by atoms with Gasteiger partial charge in [0.1, 0.15) is 5.69 Å². The molecule has 8 heteroatoms. The maximum atomic E-state index is 12.3. The van der Waals surface area contributed by atoms with Crippen LogP contribution in [0.25, 0.3) is 0 Å². The van der Waals surface area contributed by atoms with Crippen molar-refractivity contribution in [2.45, 2.75) is 27.2 Å². The van der Waals surface area contributed by atoms with Gasteiger partial charge in [0.2, 0.25) is 11.8 Å². The van der Waals surface area contributed by atoms with Crippen molar-refractivity contribution >= 4 is 34.6 Å². The molecule has 1 atom stereocenters. The number of carbonyl (C=O) groups is 2. The van der Waals surface area contributed by atoms with E-state index in [9.17, 15) is 19.7 Å². The predicted octanol–water partition coefficient (Wildman–Crippen LogP) is 3.44. The largest absolute Gasteiger partial charge is 0.368 e. The normalized spacial score (nSPS) is 19.3. The third-order valence-corrected chi connectivity index (χ3v) is 6.32. The predicted molar refractivity (Wildman–Crippen MR) is 120 cm³/mol. The van der Waals surface area contributed by atoms with Crippen LogP contribution >= 0.6 is 0 Å². The summed E-state index contributed by atoms with van der Waals surface area (Å²) < 4.78 is 0. The third kappa shape index (κ3) is 3.73. The van der Waals surface area contributed by atoms with Gasteiger partial charge in [-0.15, -0.1) is 0 Å². The zero-order valence-electron chi connectivity index (χ0n) is 18.0. The molecule has 2 saturated heterocycles. The summed E-state index contributed by atoms with van der Waals surface area (Å²) in [4.78, 5) is 41.3. The van der Waals surface area contributed by atoms with E-state index in [1.54, 1.807) is 19.1 Å². The molecule has 0 aromatic heterocycles. The number of nitro benzene ring substituents is 1. The van der Waals surface area contributed by atoms with Gasteiger partial charge in [-0.25, -0.2) is 0 Å². The Kier molecular flexibility index (Phi) is 5.39. The molecule has 2 aromatic rings. The summed E-state index contributed by atoms with van der Waals surface area (Å²) in [6.07, 6.45) is 0.134. The van der Waals surface area contributed by atoms with Crippen molar-refractivity contribution in [3.8, 4) is 0 Å². The molecule has 2 amide bonds. The Hall–Kier alpha value is -3.42. The van der Waals surface area contributed by atoms with Crippen LogP contribution < -0.4 is 14.7 Å². The number of carbonyl (C=O) groups excluding carboxylic acids is 2. The van der Waals surface area contributed by atoms with Gasteiger partial charge in [-0.1, -0.05) is 19.1 Å². The minimum absolute atomic E-state index is 0.0853. The maximum Gasteiger partial charge on any atom is 0.294 e. The van der Waals surface area contributed by atoms with E-state index in [1.807, 2.05) is 4.90 Å². The molecule has 0 aliphatic carbocycles. The van der Waals surface area contributed by atoms with Crippen molar-refractivity contribution in [1.82, 2.24) is 0 Å². The van der Waals surface area contributed by atoms with Crippen molar-refractivity contribution in [3.63, 3.8) is 0 Å². The van der Waals surface area contributed by atoms with Gasteiger partial charge in [-0.3, -0.25) is 24.6 Å². The first-order chi connectivity index (χ1) is 14.8. The van der Waals surface area contributed by atoms with Crippen LogP contribution in [0.4, 0.5) is 22.7 Å². The number of hydrogen-bond acceptors (Lipinski definition) is 6. The number of nitrogens with zero attached hydrogens (tertiary/aromatic N) is 4. The Morgan fingerprint density at radius 3 is 2.19 bits per heavy atom. The molecule has 0 unspecified atom stereocenters. The number of amides is 2. The van der Waals surface area contributed by atoms with Crippen molar-refractivity contribution in [1.29, 1.82) is 0 Å². The second kappa shape index (κ2) is 8.02. The first kappa shape index (κ1) is 20.8. The highest BCUT2D eigenvalue weighted by Gasteiger charge is 2.37. The van der Waals surface area contributed by atoms with Gasteiger partial charge in [-0.2, -0.15) is 0 Å². The number of imide groups is 1. The van der Waals surface area contributed by atoms with Gasteiger partial charge in [0.25, 0.3) is 5.69 Å². The molecular weight excluding hydrogens is 396 g/mol. The minimum atomic E-state index is -0.440. The second-order valence-corrected chi connectivity index (χ2v) is 8.30. The molecule has 162 valence electrons. The number of hydrogen-bond donors (Lipinski definition) is 0. The summed E-state index contributed by atoms with van der Waals surface area (Å²) in [6, 6.07) is 10.9. The summed E-state index contributed by atoms with van der Waals surface area (Å²) in [5, 5.41) is 11.8.